The summed E-state index contributed by atoms with van der Waals surface area (Å²) in [5, 5.41) is 8.97. The highest BCUT2D eigenvalue weighted by Gasteiger charge is 2.38. The van der Waals surface area contributed by atoms with E-state index in [1.165, 1.54) is 5.56 Å². The summed E-state index contributed by atoms with van der Waals surface area (Å²) < 4.78 is 31.7. The van der Waals surface area contributed by atoms with Crippen molar-refractivity contribution in [2.24, 2.45) is 0 Å². The highest BCUT2D eigenvalue weighted by molar-refractivity contribution is 6.15. The van der Waals surface area contributed by atoms with Crippen molar-refractivity contribution in [2.45, 2.75) is 25.9 Å². The first-order valence-electron chi connectivity index (χ1n) is 9.22. The van der Waals surface area contributed by atoms with Crippen molar-refractivity contribution in [3.05, 3.63) is 48.2 Å². The number of rotatable bonds is 2. The molecule has 2 heterocycles. The van der Waals surface area contributed by atoms with Gasteiger partial charge in [0.1, 0.15) is 5.82 Å². The molecule has 2 aromatic heterocycles. The number of nitrogens with one attached hydrogen (secondary N) is 1. The number of halogens is 3. The zero-order chi connectivity index (χ0) is 22.9. The molecule has 0 aliphatic carbocycles. The fourth-order valence-electron chi connectivity index (χ4n) is 3.19. The predicted molar refractivity (Wildman–Crippen MR) is 113 cm³/mol. The molecule has 0 spiro atoms. The number of nitrogens with zero attached hydrogens (tertiary/aromatic N) is 2. The predicted octanol–water partition coefficient (Wildman–Crippen LogP) is 4.70. The van der Waals surface area contributed by atoms with E-state index < -0.39 is 12.1 Å². The van der Waals surface area contributed by atoms with Crippen LogP contribution >= 0.6 is 0 Å². The fourth-order valence-corrected chi connectivity index (χ4v) is 3.19. The molecule has 0 radical (unpaired) electrons. The lowest BCUT2D eigenvalue weighted by Gasteiger charge is -2.12. The molecule has 0 saturated carbocycles. The Morgan fingerprint density at radius 1 is 1.16 bits per heavy atom. The molecule has 4 rings (SSSR count). The molecular formula is C21H20F3N5O2. The molecule has 0 bridgehead atoms. The average molecular weight is 431 g/mol. The second-order valence-corrected chi connectivity index (χ2v) is 7.14. The van der Waals surface area contributed by atoms with E-state index in [1.54, 1.807) is 6.20 Å². The molecule has 7 nitrogen and oxygen atoms in total. The molecule has 162 valence electrons. The fraction of sp³-hybridized carbons (Fsp3) is 0.190. The van der Waals surface area contributed by atoms with Crippen LogP contribution in [0.3, 0.4) is 0 Å². The third-order valence-corrected chi connectivity index (χ3v) is 4.65. The molecule has 31 heavy (non-hydrogen) atoms. The molecule has 0 atom stereocenters. The SMILES string of the molecule is CC(C)c1cccc(-c2cc3[nH]c(N)nc(N)c3c3ccnc23)c1.O=C(O)C(F)(F)F. The van der Waals surface area contributed by atoms with E-state index in [2.05, 4.69) is 59.1 Å². The Balaban J connectivity index is 0.000000339. The van der Waals surface area contributed by atoms with Crippen LogP contribution in [0, 0.1) is 0 Å². The first-order valence-corrected chi connectivity index (χ1v) is 9.22. The van der Waals surface area contributed by atoms with Gasteiger partial charge < -0.3 is 21.6 Å². The summed E-state index contributed by atoms with van der Waals surface area (Å²) in [6, 6.07) is 12.6. The van der Waals surface area contributed by atoms with E-state index in [4.69, 9.17) is 21.4 Å². The van der Waals surface area contributed by atoms with Crippen LogP contribution < -0.4 is 11.5 Å². The van der Waals surface area contributed by atoms with Crippen molar-refractivity contribution in [3.8, 4) is 11.1 Å². The van der Waals surface area contributed by atoms with Crippen LogP contribution in [0.2, 0.25) is 0 Å². The number of hydrogen-bond donors (Lipinski definition) is 4. The molecule has 0 saturated heterocycles. The summed E-state index contributed by atoms with van der Waals surface area (Å²) in [7, 11) is 0. The molecule has 2 aromatic carbocycles. The quantitative estimate of drug-likeness (QED) is 0.364. The number of carboxylic acid groups (broad SMARTS) is 1. The summed E-state index contributed by atoms with van der Waals surface area (Å²) in [5.74, 6) is -1.56. The van der Waals surface area contributed by atoms with Crippen molar-refractivity contribution in [2.75, 3.05) is 11.5 Å². The molecule has 0 unspecified atom stereocenters. The van der Waals surface area contributed by atoms with Gasteiger partial charge in [-0.15, -0.1) is 0 Å². The normalized spacial score (nSPS) is 11.5. The average Bonchev–Trinajstić information content (AvgIpc) is 3.16. The maximum atomic E-state index is 10.6. The Kier molecular flexibility index (Phi) is 5.74. The second-order valence-electron chi connectivity index (χ2n) is 7.14. The van der Waals surface area contributed by atoms with Crippen LogP contribution in [-0.4, -0.2) is 32.2 Å². The minimum atomic E-state index is -5.08. The lowest BCUT2D eigenvalue weighted by Crippen LogP contribution is -2.21. The van der Waals surface area contributed by atoms with Crippen LogP contribution in [0.1, 0.15) is 25.3 Å². The van der Waals surface area contributed by atoms with Gasteiger partial charge in [-0.1, -0.05) is 38.1 Å². The van der Waals surface area contributed by atoms with Crippen molar-refractivity contribution < 1.29 is 23.1 Å². The number of aromatic amines is 1. The van der Waals surface area contributed by atoms with Crippen molar-refractivity contribution in [1.82, 2.24) is 15.0 Å². The van der Waals surface area contributed by atoms with Gasteiger partial charge in [0.25, 0.3) is 0 Å². The van der Waals surface area contributed by atoms with Gasteiger partial charge in [0, 0.05) is 22.5 Å². The number of carboxylic acids is 1. The van der Waals surface area contributed by atoms with Gasteiger partial charge in [-0.3, -0.25) is 4.98 Å². The second kappa shape index (κ2) is 8.13. The van der Waals surface area contributed by atoms with E-state index in [-0.39, 0.29) is 0 Å². The van der Waals surface area contributed by atoms with E-state index in [0.29, 0.717) is 17.7 Å². The van der Waals surface area contributed by atoms with Gasteiger partial charge in [-0.2, -0.15) is 18.2 Å². The third kappa shape index (κ3) is 4.52. The minimum Gasteiger partial charge on any atom is -0.475 e. The van der Waals surface area contributed by atoms with Gasteiger partial charge in [0.15, 0.2) is 5.95 Å². The van der Waals surface area contributed by atoms with Gasteiger partial charge in [0.05, 0.1) is 11.0 Å². The van der Waals surface area contributed by atoms with Gasteiger partial charge in [0.2, 0.25) is 0 Å². The molecule has 0 amide bonds. The van der Waals surface area contributed by atoms with Crippen molar-refractivity contribution >= 4 is 39.5 Å². The maximum Gasteiger partial charge on any atom is 0.490 e. The Bertz CT molecular complexity index is 1270. The summed E-state index contributed by atoms with van der Waals surface area (Å²) in [6.07, 6.45) is -3.28. The number of hydrogen-bond acceptors (Lipinski definition) is 5. The number of aliphatic carboxylic acids is 1. The number of anilines is 2. The summed E-state index contributed by atoms with van der Waals surface area (Å²) >= 11 is 0. The van der Waals surface area contributed by atoms with Crippen LogP contribution in [0.25, 0.3) is 32.9 Å². The molecule has 0 aliphatic heterocycles. The lowest BCUT2D eigenvalue weighted by molar-refractivity contribution is -0.192. The smallest absolute Gasteiger partial charge is 0.475 e. The molecule has 0 fully saturated rings. The number of carbonyl (C=O) groups is 1. The third-order valence-electron chi connectivity index (χ3n) is 4.65. The lowest BCUT2D eigenvalue weighted by atomic mass is 9.95. The number of fused-ring (bicyclic) bond motifs is 3. The Morgan fingerprint density at radius 3 is 2.45 bits per heavy atom. The zero-order valence-electron chi connectivity index (χ0n) is 16.7. The minimum absolute atomic E-state index is 0.306. The molecule has 6 N–H and O–H groups in total. The van der Waals surface area contributed by atoms with Gasteiger partial charge in [-0.05, 0) is 29.2 Å². The number of nitrogens with two attached hydrogens (primary N) is 2. The number of benzene rings is 2. The Labute approximate surface area is 174 Å². The van der Waals surface area contributed by atoms with Crippen LogP contribution in [-0.2, 0) is 4.79 Å². The molecule has 10 heteroatoms. The largest absolute Gasteiger partial charge is 0.490 e. The van der Waals surface area contributed by atoms with E-state index in [0.717, 1.165) is 32.9 Å². The van der Waals surface area contributed by atoms with Gasteiger partial charge in [-0.25, -0.2) is 4.79 Å². The van der Waals surface area contributed by atoms with E-state index in [9.17, 15) is 13.2 Å². The molecule has 0 aliphatic rings. The molecular weight excluding hydrogens is 411 g/mol. The van der Waals surface area contributed by atoms with Crippen LogP contribution in [0.5, 0.6) is 0 Å². The first kappa shape index (κ1) is 21.9. The topological polar surface area (TPSA) is 131 Å². The molecule has 4 aromatic rings. The summed E-state index contributed by atoms with van der Waals surface area (Å²) in [4.78, 5) is 20.7. The zero-order valence-corrected chi connectivity index (χ0v) is 16.7. The number of nitrogen functional groups attached to an aromatic ring is 2. The number of H-pyrrole nitrogens is 1. The van der Waals surface area contributed by atoms with E-state index >= 15 is 0 Å². The van der Waals surface area contributed by atoms with Gasteiger partial charge >= 0.3 is 12.1 Å². The highest BCUT2D eigenvalue weighted by atomic mass is 19.4. The standard InChI is InChI=1S/C19H19N5.C2HF3O2/c1-10(2)11-4-3-5-12(8-11)14-9-15-16(13-6-7-22-17(13)14)18(20)24-19(21)23-15;3-2(4,5)1(6)7/h3-10H,20H2,1-2H3,(H3,21,23,24);(H,6,7). The monoisotopic (exact) mass is 431 g/mol. The summed E-state index contributed by atoms with van der Waals surface area (Å²) in [5.41, 5.74) is 17.2. The van der Waals surface area contributed by atoms with Crippen molar-refractivity contribution in [1.29, 1.82) is 0 Å². The van der Waals surface area contributed by atoms with Crippen LogP contribution in [0.15, 0.2) is 42.6 Å². The van der Waals surface area contributed by atoms with Crippen LogP contribution in [0.4, 0.5) is 24.9 Å². The Hall–Kier alpha value is -3.82. The number of alkyl halides is 3. The maximum absolute atomic E-state index is 10.6. The Morgan fingerprint density at radius 2 is 1.84 bits per heavy atom. The first-order chi connectivity index (χ1) is 14.5. The van der Waals surface area contributed by atoms with E-state index in [1.807, 2.05) is 6.07 Å². The highest BCUT2D eigenvalue weighted by Crippen LogP contribution is 2.36. The summed E-state index contributed by atoms with van der Waals surface area (Å²) in [6.45, 7) is 4.38. The number of aromatic nitrogens is 3. The van der Waals surface area contributed by atoms with Crippen molar-refractivity contribution in [3.63, 3.8) is 0 Å².